The number of thiophene rings is 1. The van der Waals surface area contributed by atoms with E-state index in [4.69, 9.17) is 4.74 Å². The molecule has 72 valence electrons. The molecule has 0 amide bonds. The molecule has 0 aliphatic rings. The Kier molecular flexibility index (Phi) is 3.62. The van der Waals surface area contributed by atoms with Crippen LogP contribution < -0.4 is 4.74 Å². The average molecular weight is 218 g/mol. The van der Waals surface area contributed by atoms with Crippen LogP contribution in [0.2, 0.25) is 0 Å². The molecule has 0 fully saturated rings. The minimum absolute atomic E-state index is 0.353. The van der Waals surface area contributed by atoms with Gasteiger partial charge in [0.2, 0.25) is 0 Å². The van der Waals surface area contributed by atoms with Gasteiger partial charge in [-0.15, -0.1) is 11.8 Å². The van der Waals surface area contributed by atoms with Crippen molar-refractivity contribution in [1.82, 2.24) is 0 Å². The van der Waals surface area contributed by atoms with E-state index in [1.807, 2.05) is 6.26 Å². The molecule has 0 aromatic carbocycles. The third kappa shape index (κ3) is 2.16. The SMILES string of the molecule is COC(=O)c1cc(SC)sc1OC. The maximum absolute atomic E-state index is 11.2. The Labute approximate surface area is 85.0 Å². The summed E-state index contributed by atoms with van der Waals surface area (Å²) in [4.78, 5) is 11.2. The highest BCUT2D eigenvalue weighted by Gasteiger charge is 2.16. The second-order valence-corrected chi connectivity index (χ2v) is 4.29. The van der Waals surface area contributed by atoms with Gasteiger partial charge in [0.25, 0.3) is 0 Å². The molecule has 0 aliphatic heterocycles. The average Bonchev–Trinajstić information content (AvgIpc) is 2.59. The van der Waals surface area contributed by atoms with Crippen LogP contribution in [0.3, 0.4) is 0 Å². The zero-order valence-corrected chi connectivity index (χ0v) is 9.25. The molecule has 0 N–H and O–H groups in total. The van der Waals surface area contributed by atoms with Crippen LogP contribution in [0.25, 0.3) is 0 Å². The molecule has 3 nitrogen and oxygen atoms in total. The topological polar surface area (TPSA) is 35.5 Å². The van der Waals surface area contributed by atoms with Gasteiger partial charge in [0.15, 0.2) is 5.06 Å². The van der Waals surface area contributed by atoms with Crippen LogP contribution in [0, 0.1) is 0 Å². The van der Waals surface area contributed by atoms with Crippen LogP contribution >= 0.6 is 23.1 Å². The van der Waals surface area contributed by atoms with Crippen LogP contribution in [0.1, 0.15) is 10.4 Å². The number of carbonyl (C=O) groups excluding carboxylic acids is 1. The number of ether oxygens (including phenoxy) is 2. The summed E-state index contributed by atoms with van der Waals surface area (Å²) in [6.45, 7) is 0. The Morgan fingerprint density at radius 3 is 2.69 bits per heavy atom. The number of esters is 1. The van der Waals surface area contributed by atoms with E-state index in [1.165, 1.54) is 18.4 Å². The van der Waals surface area contributed by atoms with E-state index in [9.17, 15) is 4.79 Å². The summed E-state index contributed by atoms with van der Waals surface area (Å²) in [5.74, 6) is -0.353. The predicted molar refractivity (Wildman–Crippen MR) is 54.0 cm³/mol. The first-order chi connectivity index (χ1) is 6.22. The normalized spacial score (nSPS) is 9.77. The van der Waals surface area contributed by atoms with Crippen LogP contribution in [-0.4, -0.2) is 26.4 Å². The number of thioether (sulfide) groups is 1. The lowest BCUT2D eigenvalue weighted by molar-refractivity contribution is 0.0598. The van der Waals surface area contributed by atoms with Gasteiger partial charge in [0.05, 0.1) is 18.4 Å². The van der Waals surface area contributed by atoms with Crippen LogP contribution in [-0.2, 0) is 4.74 Å². The first-order valence-corrected chi connectivity index (χ1v) is 5.57. The number of hydrogen-bond donors (Lipinski definition) is 0. The highest BCUT2D eigenvalue weighted by Crippen LogP contribution is 2.35. The summed E-state index contributed by atoms with van der Waals surface area (Å²) in [5, 5.41) is 0.608. The molecule has 0 atom stereocenters. The molecule has 1 heterocycles. The third-order valence-corrected chi connectivity index (χ3v) is 3.63. The Morgan fingerprint density at radius 2 is 2.23 bits per heavy atom. The molecular formula is C8H10O3S2. The lowest BCUT2D eigenvalue weighted by Crippen LogP contribution is -2.00. The van der Waals surface area contributed by atoms with Gasteiger partial charge in [-0.1, -0.05) is 11.3 Å². The lowest BCUT2D eigenvalue weighted by Gasteiger charge is -1.98. The quantitative estimate of drug-likeness (QED) is 0.576. The zero-order valence-electron chi connectivity index (χ0n) is 7.62. The molecule has 0 bridgehead atoms. The van der Waals surface area contributed by atoms with Crippen LogP contribution in [0.5, 0.6) is 5.06 Å². The number of carbonyl (C=O) groups is 1. The van der Waals surface area contributed by atoms with E-state index in [-0.39, 0.29) is 5.97 Å². The molecule has 5 heteroatoms. The molecule has 0 unspecified atom stereocenters. The van der Waals surface area contributed by atoms with E-state index in [1.54, 1.807) is 24.9 Å². The minimum atomic E-state index is -0.353. The van der Waals surface area contributed by atoms with Crippen molar-refractivity contribution in [3.63, 3.8) is 0 Å². The van der Waals surface area contributed by atoms with Gasteiger partial charge >= 0.3 is 5.97 Å². The molecule has 0 saturated carbocycles. The Morgan fingerprint density at radius 1 is 1.54 bits per heavy atom. The maximum atomic E-state index is 11.2. The highest BCUT2D eigenvalue weighted by atomic mass is 32.2. The highest BCUT2D eigenvalue weighted by molar-refractivity contribution is 8.00. The fraction of sp³-hybridized carbons (Fsp3) is 0.375. The van der Waals surface area contributed by atoms with Crippen LogP contribution in [0.4, 0.5) is 0 Å². The zero-order chi connectivity index (χ0) is 9.84. The second kappa shape index (κ2) is 4.53. The Hall–Kier alpha value is -0.680. The molecule has 0 radical (unpaired) electrons. The van der Waals surface area contributed by atoms with Crippen LogP contribution in [0.15, 0.2) is 10.3 Å². The molecule has 1 aromatic heterocycles. The molecular weight excluding hydrogens is 208 g/mol. The van der Waals surface area contributed by atoms with Crippen molar-refractivity contribution >= 4 is 29.1 Å². The molecule has 13 heavy (non-hydrogen) atoms. The van der Waals surface area contributed by atoms with Crippen molar-refractivity contribution in [2.75, 3.05) is 20.5 Å². The Balaban J connectivity index is 3.03. The summed E-state index contributed by atoms with van der Waals surface area (Å²) in [6.07, 6.45) is 1.95. The number of methoxy groups -OCH3 is 2. The maximum Gasteiger partial charge on any atom is 0.342 e. The molecule has 0 spiro atoms. The molecule has 1 rings (SSSR count). The van der Waals surface area contributed by atoms with E-state index >= 15 is 0 Å². The van der Waals surface area contributed by atoms with Crippen molar-refractivity contribution in [3.05, 3.63) is 11.6 Å². The van der Waals surface area contributed by atoms with Gasteiger partial charge in [0.1, 0.15) is 5.56 Å². The van der Waals surface area contributed by atoms with Crippen molar-refractivity contribution in [2.45, 2.75) is 4.21 Å². The van der Waals surface area contributed by atoms with E-state index in [2.05, 4.69) is 4.74 Å². The third-order valence-electron chi connectivity index (χ3n) is 1.47. The van der Waals surface area contributed by atoms with E-state index in [0.717, 1.165) is 4.21 Å². The summed E-state index contributed by atoms with van der Waals surface area (Å²) < 4.78 is 10.7. The fourth-order valence-electron chi connectivity index (χ4n) is 0.857. The number of rotatable bonds is 3. The van der Waals surface area contributed by atoms with Crippen molar-refractivity contribution < 1.29 is 14.3 Å². The fourth-order valence-corrected chi connectivity index (χ4v) is 2.35. The largest absolute Gasteiger partial charge is 0.487 e. The lowest BCUT2D eigenvalue weighted by atomic mass is 10.3. The predicted octanol–water partition coefficient (Wildman–Crippen LogP) is 2.27. The monoisotopic (exact) mass is 218 g/mol. The van der Waals surface area contributed by atoms with Crippen molar-refractivity contribution in [2.24, 2.45) is 0 Å². The van der Waals surface area contributed by atoms with E-state index in [0.29, 0.717) is 10.6 Å². The van der Waals surface area contributed by atoms with Gasteiger partial charge in [-0.3, -0.25) is 0 Å². The first kappa shape index (κ1) is 10.4. The Bertz CT molecular complexity index is 306. The standard InChI is InChI=1S/C8H10O3S2/c1-10-7(9)5-4-6(12-3)13-8(5)11-2/h4H,1-3H3. The summed E-state index contributed by atoms with van der Waals surface area (Å²) in [6, 6.07) is 1.78. The minimum Gasteiger partial charge on any atom is -0.487 e. The number of hydrogen-bond acceptors (Lipinski definition) is 5. The smallest absolute Gasteiger partial charge is 0.342 e. The summed E-state index contributed by atoms with van der Waals surface area (Å²) in [5.41, 5.74) is 0.499. The van der Waals surface area contributed by atoms with Crippen molar-refractivity contribution in [1.29, 1.82) is 0 Å². The van der Waals surface area contributed by atoms with Crippen molar-refractivity contribution in [3.8, 4) is 5.06 Å². The second-order valence-electron chi connectivity index (χ2n) is 2.17. The van der Waals surface area contributed by atoms with Gasteiger partial charge in [-0.05, 0) is 12.3 Å². The molecule has 0 saturated heterocycles. The van der Waals surface area contributed by atoms with Gasteiger partial charge < -0.3 is 9.47 Å². The summed E-state index contributed by atoms with van der Waals surface area (Å²) >= 11 is 3.02. The van der Waals surface area contributed by atoms with Gasteiger partial charge in [-0.2, -0.15) is 0 Å². The van der Waals surface area contributed by atoms with E-state index < -0.39 is 0 Å². The molecule has 1 aromatic rings. The molecule has 0 aliphatic carbocycles. The van der Waals surface area contributed by atoms with Gasteiger partial charge in [0, 0.05) is 0 Å². The van der Waals surface area contributed by atoms with Gasteiger partial charge in [-0.25, -0.2) is 4.79 Å². The first-order valence-electron chi connectivity index (χ1n) is 3.53. The summed E-state index contributed by atoms with van der Waals surface area (Å²) in [7, 11) is 2.90.